The van der Waals surface area contributed by atoms with Gasteiger partial charge in [0.15, 0.2) is 0 Å². The van der Waals surface area contributed by atoms with E-state index in [1.807, 2.05) is 0 Å². The van der Waals surface area contributed by atoms with Crippen LogP contribution in [-0.4, -0.2) is 77.2 Å². The number of nitrogens with zero attached hydrogens (tertiary/aromatic N) is 4. The summed E-state index contributed by atoms with van der Waals surface area (Å²) in [6.45, 7) is 1.99. The number of benzene rings is 1. The number of halogens is 3. The third-order valence-corrected chi connectivity index (χ3v) is 7.06. The molecule has 9 nitrogen and oxygen atoms in total. The Bertz CT molecular complexity index is 1140. The van der Waals surface area contributed by atoms with E-state index in [0.29, 0.717) is 44.4 Å². The average Bonchev–Trinajstić information content (AvgIpc) is 3.66. The molecule has 5 rings (SSSR count). The van der Waals surface area contributed by atoms with Gasteiger partial charge in [0, 0.05) is 44.6 Å². The molecular formula is C25H28F3N5O4. The summed E-state index contributed by atoms with van der Waals surface area (Å²) in [4.78, 5) is 38.1. The lowest BCUT2D eigenvalue weighted by Gasteiger charge is -2.38. The highest BCUT2D eigenvalue weighted by molar-refractivity contribution is 5.87. The van der Waals surface area contributed by atoms with Crippen LogP contribution >= 0.6 is 0 Å². The molecule has 2 aliphatic heterocycles. The van der Waals surface area contributed by atoms with Crippen LogP contribution in [-0.2, 0) is 15.7 Å². The Hall–Kier alpha value is -3.41. The van der Waals surface area contributed by atoms with Crippen LogP contribution in [0.1, 0.15) is 48.0 Å². The number of nitrogens with one attached hydrogen (secondary N) is 1. The number of alkyl carbamates (subject to hydrolysis) is 1. The van der Waals surface area contributed by atoms with Crippen molar-refractivity contribution in [3.05, 3.63) is 53.5 Å². The molecule has 3 fully saturated rings. The second-order valence-corrected chi connectivity index (χ2v) is 9.65. The molecule has 0 spiro atoms. The van der Waals surface area contributed by atoms with Crippen LogP contribution in [0, 0.1) is 0 Å². The predicted molar refractivity (Wildman–Crippen MR) is 125 cm³/mol. The zero-order chi connectivity index (χ0) is 26.2. The van der Waals surface area contributed by atoms with Gasteiger partial charge in [0.2, 0.25) is 11.8 Å². The molecule has 12 heteroatoms. The van der Waals surface area contributed by atoms with Crippen LogP contribution in [0.3, 0.4) is 0 Å². The third-order valence-electron chi connectivity index (χ3n) is 7.06. The van der Waals surface area contributed by atoms with Crippen molar-refractivity contribution in [3.63, 3.8) is 0 Å². The smallest absolute Gasteiger partial charge is 0.416 e. The Labute approximate surface area is 212 Å². The fourth-order valence-electron chi connectivity index (χ4n) is 4.97. The van der Waals surface area contributed by atoms with E-state index in [9.17, 15) is 22.8 Å². The molecule has 3 atom stereocenters. The molecule has 3 heterocycles. The van der Waals surface area contributed by atoms with E-state index in [2.05, 4.69) is 24.9 Å². The summed E-state index contributed by atoms with van der Waals surface area (Å²) in [6, 6.07) is 3.11. The number of carbonyl (C=O) groups is 2. The number of rotatable bonds is 6. The van der Waals surface area contributed by atoms with E-state index in [4.69, 9.17) is 4.74 Å². The molecular weight excluding hydrogens is 491 g/mol. The Morgan fingerprint density at radius 1 is 1.14 bits per heavy atom. The minimum absolute atomic E-state index is 0.0154. The number of ether oxygens (including phenoxy) is 2. The number of hydrogen-bond acceptors (Lipinski definition) is 7. The van der Waals surface area contributed by atoms with Gasteiger partial charge in [-0.1, -0.05) is 12.1 Å². The Kier molecular flexibility index (Phi) is 6.93. The SMILES string of the molecule is COC(=O)NC(C(=O)N1CCN2C[C@H](Oc3cnc(C4CC4)cn3)C[C@H]2C1)c1cccc(C(F)(F)F)c1. The molecule has 1 unspecified atom stereocenters. The molecule has 198 valence electrons. The highest BCUT2D eigenvalue weighted by Gasteiger charge is 2.41. The van der Waals surface area contributed by atoms with E-state index < -0.39 is 29.8 Å². The summed E-state index contributed by atoms with van der Waals surface area (Å²) in [5.74, 6) is 0.489. The van der Waals surface area contributed by atoms with Gasteiger partial charge in [-0.25, -0.2) is 9.78 Å². The van der Waals surface area contributed by atoms with E-state index in [1.54, 1.807) is 17.3 Å². The van der Waals surface area contributed by atoms with Crippen LogP contribution < -0.4 is 10.1 Å². The van der Waals surface area contributed by atoms with E-state index in [0.717, 1.165) is 37.8 Å². The molecule has 37 heavy (non-hydrogen) atoms. The average molecular weight is 520 g/mol. The van der Waals surface area contributed by atoms with Gasteiger partial charge < -0.3 is 19.7 Å². The lowest BCUT2D eigenvalue weighted by molar-refractivity contribution is -0.138. The summed E-state index contributed by atoms with van der Waals surface area (Å²) in [5.41, 5.74) is 0.123. The maximum atomic E-state index is 13.5. The largest absolute Gasteiger partial charge is 0.472 e. The maximum Gasteiger partial charge on any atom is 0.416 e. The van der Waals surface area contributed by atoms with Crippen LogP contribution in [0.25, 0.3) is 0 Å². The quantitative estimate of drug-likeness (QED) is 0.627. The number of fused-ring (bicyclic) bond motifs is 1. The number of piperazine rings is 1. The lowest BCUT2D eigenvalue weighted by Crippen LogP contribution is -2.54. The van der Waals surface area contributed by atoms with Crippen molar-refractivity contribution in [2.75, 3.05) is 33.3 Å². The van der Waals surface area contributed by atoms with Crippen molar-refractivity contribution in [3.8, 4) is 5.88 Å². The van der Waals surface area contributed by atoms with Gasteiger partial charge in [-0.05, 0) is 30.5 Å². The molecule has 2 amide bonds. The van der Waals surface area contributed by atoms with Gasteiger partial charge in [-0.3, -0.25) is 14.7 Å². The highest BCUT2D eigenvalue weighted by atomic mass is 19.4. The van der Waals surface area contributed by atoms with Gasteiger partial charge in [0.25, 0.3) is 0 Å². The molecule has 1 saturated carbocycles. The normalized spacial score (nSPS) is 22.8. The first-order valence-electron chi connectivity index (χ1n) is 12.2. The Morgan fingerprint density at radius 3 is 2.62 bits per heavy atom. The summed E-state index contributed by atoms with van der Waals surface area (Å²) < 4.78 is 50.5. The first kappa shape index (κ1) is 25.2. The minimum Gasteiger partial charge on any atom is -0.472 e. The van der Waals surface area contributed by atoms with Gasteiger partial charge in [0.05, 0.1) is 30.8 Å². The van der Waals surface area contributed by atoms with E-state index >= 15 is 0 Å². The molecule has 1 N–H and O–H groups in total. The molecule has 2 aromatic rings. The topological polar surface area (TPSA) is 96.9 Å². The molecule has 1 aliphatic carbocycles. The number of alkyl halides is 3. The number of methoxy groups -OCH3 is 1. The third kappa shape index (κ3) is 5.79. The van der Waals surface area contributed by atoms with Gasteiger partial charge in [-0.15, -0.1) is 0 Å². The minimum atomic E-state index is -4.58. The van der Waals surface area contributed by atoms with Crippen molar-refractivity contribution in [1.82, 2.24) is 25.1 Å². The van der Waals surface area contributed by atoms with Crippen molar-refractivity contribution in [2.45, 2.75) is 49.5 Å². The zero-order valence-corrected chi connectivity index (χ0v) is 20.3. The highest BCUT2D eigenvalue weighted by Crippen LogP contribution is 2.38. The monoisotopic (exact) mass is 519 g/mol. The lowest BCUT2D eigenvalue weighted by atomic mass is 10.0. The van der Waals surface area contributed by atoms with Crippen LogP contribution in [0.15, 0.2) is 36.7 Å². The predicted octanol–water partition coefficient (Wildman–Crippen LogP) is 3.13. The molecule has 2 saturated heterocycles. The second kappa shape index (κ2) is 10.2. The fourth-order valence-corrected chi connectivity index (χ4v) is 4.97. The van der Waals surface area contributed by atoms with Crippen LogP contribution in [0.4, 0.5) is 18.0 Å². The Balaban J connectivity index is 1.25. The van der Waals surface area contributed by atoms with Crippen LogP contribution in [0.5, 0.6) is 5.88 Å². The number of carbonyl (C=O) groups excluding carboxylic acids is 2. The van der Waals surface area contributed by atoms with Crippen molar-refractivity contribution >= 4 is 12.0 Å². The van der Waals surface area contributed by atoms with Crippen molar-refractivity contribution in [2.24, 2.45) is 0 Å². The van der Waals surface area contributed by atoms with Gasteiger partial charge in [-0.2, -0.15) is 13.2 Å². The number of aromatic nitrogens is 2. The molecule has 1 aromatic carbocycles. The zero-order valence-electron chi connectivity index (χ0n) is 20.3. The fraction of sp³-hybridized carbons (Fsp3) is 0.520. The van der Waals surface area contributed by atoms with Gasteiger partial charge in [0.1, 0.15) is 12.1 Å². The molecule has 1 aromatic heterocycles. The summed E-state index contributed by atoms with van der Waals surface area (Å²) in [6.07, 6.45) is 0.763. The number of amides is 2. The molecule has 3 aliphatic rings. The summed E-state index contributed by atoms with van der Waals surface area (Å²) in [5, 5.41) is 2.40. The first-order chi connectivity index (χ1) is 17.7. The molecule has 0 radical (unpaired) electrons. The summed E-state index contributed by atoms with van der Waals surface area (Å²) >= 11 is 0. The van der Waals surface area contributed by atoms with Crippen molar-refractivity contribution < 1.29 is 32.2 Å². The first-order valence-corrected chi connectivity index (χ1v) is 12.2. The summed E-state index contributed by atoms with van der Waals surface area (Å²) in [7, 11) is 1.13. The van der Waals surface area contributed by atoms with E-state index in [1.165, 1.54) is 12.1 Å². The van der Waals surface area contributed by atoms with E-state index in [-0.39, 0.29) is 17.7 Å². The standard InChI is InChI=1S/C25H28F3N5O4/c1-36-24(35)31-22(16-3-2-4-17(9-16)25(26,27)28)23(34)33-8-7-32-14-19(10-18(32)13-33)37-21-12-29-20(11-30-21)15-5-6-15/h2-4,9,11-12,15,18-19,22H,5-8,10,13-14H2,1H3,(H,31,35)/t18-,19+,22?/m0/s1. The second-order valence-electron chi connectivity index (χ2n) is 9.65. The molecule has 0 bridgehead atoms. The van der Waals surface area contributed by atoms with Crippen molar-refractivity contribution in [1.29, 1.82) is 0 Å². The Morgan fingerprint density at radius 2 is 1.95 bits per heavy atom. The van der Waals surface area contributed by atoms with Crippen LogP contribution in [0.2, 0.25) is 0 Å². The van der Waals surface area contributed by atoms with Gasteiger partial charge >= 0.3 is 12.3 Å². The number of hydrogen-bond donors (Lipinski definition) is 1. The maximum absolute atomic E-state index is 13.5.